The molecule has 0 saturated carbocycles. The largest absolute Gasteiger partial charge is 0.448 e. The fourth-order valence-corrected chi connectivity index (χ4v) is 5.64. The average Bonchev–Trinajstić information content (AvgIpc) is 3.06. The van der Waals surface area contributed by atoms with Crippen molar-refractivity contribution in [3.63, 3.8) is 0 Å². The number of pyridine rings is 1. The molecular weight excluding hydrogens is 603 g/mol. The van der Waals surface area contributed by atoms with Crippen LogP contribution in [0.2, 0.25) is 0 Å². The van der Waals surface area contributed by atoms with Crippen molar-refractivity contribution in [1.82, 2.24) is 15.6 Å². The van der Waals surface area contributed by atoms with Crippen molar-refractivity contribution in [2.75, 3.05) is 38.3 Å². The van der Waals surface area contributed by atoms with Crippen LogP contribution in [-0.4, -0.2) is 74.2 Å². The number of benzene rings is 2. The Hall–Kier alpha value is -4.04. The summed E-state index contributed by atoms with van der Waals surface area (Å²) in [6.07, 6.45) is 4.10. The molecule has 5 rings (SSSR count). The third kappa shape index (κ3) is 9.03. The van der Waals surface area contributed by atoms with Crippen LogP contribution in [0.5, 0.6) is 0 Å². The van der Waals surface area contributed by atoms with Gasteiger partial charge in [-0.2, -0.15) is 0 Å². The molecule has 3 aromatic rings. The number of rotatable bonds is 11. The van der Waals surface area contributed by atoms with E-state index in [0.29, 0.717) is 43.9 Å². The first kappa shape index (κ1) is 33.3. The van der Waals surface area contributed by atoms with Gasteiger partial charge >= 0.3 is 6.09 Å². The van der Waals surface area contributed by atoms with E-state index in [1.807, 2.05) is 0 Å². The summed E-state index contributed by atoms with van der Waals surface area (Å²) in [5, 5.41) is 8.81. The fourth-order valence-electron chi connectivity index (χ4n) is 5.64. The number of hydrogen-bond acceptors (Lipinski definition) is 8. The van der Waals surface area contributed by atoms with Crippen molar-refractivity contribution in [2.45, 2.75) is 55.8 Å². The quantitative estimate of drug-likeness (QED) is 0.248. The van der Waals surface area contributed by atoms with Crippen molar-refractivity contribution in [3.8, 4) is 0 Å². The van der Waals surface area contributed by atoms with Gasteiger partial charge in [0.2, 0.25) is 5.91 Å². The van der Waals surface area contributed by atoms with Crippen LogP contribution >= 0.6 is 0 Å². The maximum Gasteiger partial charge on any atom is 0.407 e. The Morgan fingerprint density at radius 1 is 1.02 bits per heavy atom. The highest BCUT2D eigenvalue weighted by Crippen LogP contribution is 2.29. The first-order valence-electron chi connectivity index (χ1n) is 15.3. The molecule has 46 heavy (non-hydrogen) atoms. The average molecular weight is 642 g/mol. The summed E-state index contributed by atoms with van der Waals surface area (Å²) in [5.74, 6) is -2.86. The summed E-state index contributed by atoms with van der Waals surface area (Å²) in [6, 6.07) is 9.67. The van der Waals surface area contributed by atoms with Gasteiger partial charge in [-0.3, -0.25) is 9.78 Å². The molecule has 0 spiro atoms. The third-order valence-electron chi connectivity index (χ3n) is 8.16. The summed E-state index contributed by atoms with van der Waals surface area (Å²) in [5.41, 5.74) is 7.97. The third-order valence-corrected chi connectivity index (χ3v) is 8.16. The van der Waals surface area contributed by atoms with E-state index in [4.69, 9.17) is 19.9 Å². The molecule has 2 amide bonds. The highest BCUT2D eigenvalue weighted by Gasteiger charge is 2.29. The van der Waals surface area contributed by atoms with Crippen molar-refractivity contribution in [3.05, 3.63) is 95.1 Å². The SMILES string of the molecule is N[C@H](C(=O)Nc1cncc(F)c1CC[C@@H]1CN[C@H](COC(=O)NC2CCCOC2)CO1)C(c1ccc(F)cc1)c1ccc(F)cc1. The Morgan fingerprint density at radius 2 is 1.72 bits per heavy atom. The number of halogens is 3. The van der Waals surface area contributed by atoms with Gasteiger partial charge in [0.05, 0.1) is 55.5 Å². The van der Waals surface area contributed by atoms with Crippen molar-refractivity contribution in [1.29, 1.82) is 0 Å². The maximum atomic E-state index is 15.0. The van der Waals surface area contributed by atoms with Crippen molar-refractivity contribution < 1.29 is 37.0 Å². The van der Waals surface area contributed by atoms with Gasteiger partial charge in [-0.15, -0.1) is 0 Å². The minimum absolute atomic E-state index is 0.0498. The van der Waals surface area contributed by atoms with Crippen LogP contribution in [-0.2, 0) is 25.4 Å². The molecule has 3 heterocycles. The smallest absolute Gasteiger partial charge is 0.407 e. The lowest BCUT2D eigenvalue weighted by atomic mass is 9.85. The van der Waals surface area contributed by atoms with Gasteiger partial charge in [0.1, 0.15) is 24.1 Å². The molecule has 1 aromatic heterocycles. The summed E-state index contributed by atoms with van der Waals surface area (Å²) in [4.78, 5) is 29.5. The van der Waals surface area contributed by atoms with Crippen molar-refractivity contribution >= 4 is 17.7 Å². The molecule has 13 heteroatoms. The first-order valence-corrected chi connectivity index (χ1v) is 15.3. The zero-order valence-corrected chi connectivity index (χ0v) is 25.2. The normalized spacial score (nSPS) is 20.6. The Bertz CT molecular complexity index is 1400. The summed E-state index contributed by atoms with van der Waals surface area (Å²) in [6.45, 7) is 2.08. The number of ether oxygens (including phenoxy) is 3. The number of amides is 2. The molecule has 1 unspecified atom stereocenters. The molecular formula is C33H38F3N5O5. The molecule has 0 bridgehead atoms. The predicted octanol–water partition coefficient (Wildman–Crippen LogP) is 3.79. The van der Waals surface area contributed by atoms with Gasteiger partial charge in [-0.1, -0.05) is 24.3 Å². The minimum atomic E-state index is -1.19. The molecule has 0 aliphatic carbocycles. The maximum absolute atomic E-state index is 15.0. The van der Waals surface area contributed by atoms with E-state index in [0.717, 1.165) is 19.0 Å². The molecule has 2 aromatic carbocycles. The Morgan fingerprint density at radius 3 is 2.33 bits per heavy atom. The lowest BCUT2D eigenvalue weighted by molar-refractivity contribution is -0.117. The number of anilines is 1. The van der Waals surface area contributed by atoms with Crippen LogP contribution in [0.25, 0.3) is 0 Å². The standard InChI is InChI=1S/C33H38F3N5O5/c34-22-7-3-20(4-8-22)30(21-5-9-23(35)10-6-21)31(37)32(42)41-29-16-38-15-28(36)27(29)12-11-26-14-39-25(18-45-26)19-46-33(43)40-24-2-1-13-44-17-24/h3-10,15-16,24-26,30-31,39H,1-2,11-14,17-19,37H2,(H,40,43)(H,41,42)/t24?,25-,26+,31-/m0/s1. The van der Waals surface area contributed by atoms with Crippen LogP contribution in [0.1, 0.15) is 41.9 Å². The van der Waals surface area contributed by atoms with Crippen LogP contribution < -0.4 is 21.7 Å². The van der Waals surface area contributed by atoms with E-state index < -0.39 is 41.4 Å². The number of morpholine rings is 1. The molecule has 10 nitrogen and oxygen atoms in total. The van der Waals surface area contributed by atoms with Crippen LogP contribution in [0, 0.1) is 17.5 Å². The van der Waals surface area contributed by atoms with Gasteiger partial charge in [0.15, 0.2) is 0 Å². The molecule has 5 N–H and O–H groups in total. The van der Waals surface area contributed by atoms with Gasteiger partial charge in [0.25, 0.3) is 0 Å². The van der Waals surface area contributed by atoms with Crippen LogP contribution in [0.15, 0.2) is 60.9 Å². The number of hydrogen-bond donors (Lipinski definition) is 4. The molecule has 2 aliphatic rings. The number of nitrogens with zero attached hydrogens (tertiary/aromatic N) is 1. The zero-order chi connectivity index (χ0) is 32.5. The van der Waals surface area contributed by atoms with E-state index in [1.54, 1.807) is 0 Å². The summed E-state index contributed by atoms with van der Waals surface area (Å²) >= 11 is 0. The lowest BCUT2D eigenvalue weighted by Crippen LogP contribution is -2.50. The first-order chi connectivity index (χ1) is 22.3. The molecule has 0 radical (unpaired) electrons. The number of alkyl carbamates (subject to hydrolysis) is 1. The van der Waals surface area contributed by atoms with E-state index in [9.17, 15) is 22.8 Å². The Labute approximate surface area is 265 Å². The number of aromatic nitrogens is 1. The second-order valence-electron chi connectivity index (χ2n) is 11.5. The van der Waals surface area contributed by atoms with E-state index in [-0.39, 0.29) is 42.5 Å². The van der Waals surface area contributed by atoms with Crippen LogP contribution in [0.4, 0.5) is 23.7 Å². The number of carbonyl (C=O) groups is 2. The fraction of sp³-hybridized carbons (Fsp3) is 0.424. The van der Waals surface area contributed by atoms with Crippen molar-refractivity contribution in [2.24, 2.45) is 5.73 Å². The second kappa shape index (κ2) is 16.0. The number of carbonyl (C=O) groups excluding carboxylic acids is 2. The summed E-state index contributed by atoms with van der Waals surface area (Å²) < 4.78 is 58.9. The Kier molecular flexibility index (Phi) is 11.6. The Balaban J connectivity index is 1.16. The lowest BCUT2D eigenvalue weighted by Gasteiger charge is -2.30. The number of nitrogens with one attached hydrogen (secondary N) is 3. The molecule has 4 atom stereocenters. The van der Waals surface area contributed by atoms with Gasteiger partial charge < -0.3 is 35.9 Å². The zero-order valence-electron chi connectivity index (χ0n) is 25.2. The monoisotopic (exact) mass is 641 g/mol. The highest BCUT2D eigenvalue weighted by atomic mass is 19.1. The van der Waals surface area contributed by atoms with Gasteiger partial charge in [-0.25, -0.2) is 18.0 Å². The second-order valence-corrected chi connectivity index (χ2v) is 11.5. The summed E-state index contributed by atoms with van der Waals surface area (Å²) in [7, 11) is 0. The van der Waals surface area contributed by atoms with E-state index in [1.165, 1.54) is 54.7 Å². The number of nitrogens with two attached hydrogens (primary N) is 1. The van der Waals surface area contributed by atoms with E-state index >= 15 is 0 Å². The predicted molar refractivity (Wildman–Crippen MR) is 164 cm³/mol. The van der Waals surface area contributed by atoms with Gasteiger partial charge in [-0.05, 0) is 61.1 Å². The van der Waals surface area contributed by atoms with E-state index in [2.05, 4.69) is 20.9 Å². The molecule has 2 saturated heterocycles. The van der Waals surface area contributed by atoms with Crippen LogP contribution in [0.3, 0.4) is 0 Å². The van der Waals surface area contributed by atoms with Gasteiger partial charge in [0, 0.05) is 24.6 Å². The highest BCUT2D eigenvalue weighted by molar-refractivity contribution is 5.96. The molecule has 2 fully saturated rings. The molecule has 2 aliphatic heterocycles. The topological polar surface area (TPSA) is 137 Å². The molecule has 246 valence electrons. The minimum Gasteiger partial charge on any atom is -0.448 e.